The van der Waals surface area contributed by atoms with Gasteiger partial charge in [0.1, 0.15) is 6.04 Å². The fourth-order valence-corrected chi connectivity index (χ4v) is 2.64. The van der Waals surface area contributed by atoms with Crippen molar-refractivity contribution in [2.45, 2.75) is 31.8 Å². The summed E-state index contributed by atoms with van der Waals surface area (Å²) >= 11 is 1.42. The van der Waals surface area contributed by atoms with E-state index in [0.29, 0.717) is 5.75 Å². The van der Waals surface area contributed by atoms with Gasteiger partial charge in [0.15, 0.2) is 0 Å². The van der Waals surface area contributed by atoms with Crippen molar-refractivity contribution in [1.29, 1.82) is 0 Å². The molecular formula is C13H18N2O3S. The zero-order valence-corrected chi connectivity index (χ0v) is 12.3. The quantitative estimate of drug-likeness (QED) is 0.654. The van der Waals surface area contributed by atoms with Gasteiger partial charge < -0.3 is 10.1 Å². The molecule has 0 bridgehead atoms. The van der Waals surface area contributed by atoms with Gasteiger partial charge in [-0.3, -0.25) is 4.79 Å². The van der Waals surface area contributed by atoms with Gasteiger partial charge in [0.25, 0.3) is 0 Å². The van der Waals surface area contributed by atoms with E-state index in [4.69, 9.17) is 0 Å². The number of hydrogen-bond donors (Lipinski definition) is 1. The number of methoxy groups -OCH3 is 1. The van der Waals surface area contributed by atoms with E-state index >= 15 is 0 Å². The van der Waals surface area contributed by atoms with Crippen LogP contribution in [0.15, 0.2) is 17.2 Å². The Labute approximate surface area is 117 Å². The number of ether oxygens (including phenoxy) is 1. The first kappa shape index (κ1) is 15.5. The second-order valence-electron chi connectivity index (χ2n) is 4.21. The lowest BCUT2D eigenvalue weighted by Crippen LogP contribution is -2.42. The fourth-order valence-electron chi connectivity index (χ4n) is 1.60. The van der Waals surface area contributed by atoms with E-state index in [2.05, 4.69) is 15.0 Å². The SMILES string of the molecule is COC(=O)C(CSc1cc(C)cc(C)n1)NC(C)=O. The summed E-state index contributed by atoms with van der Waals surface area (Å²) in [6, 6.07) is 3.27. The number of rotatable bonds is 5. The van der Waals surface area contributed by atoms with Gasteiger partial charge in [-0.25, -0.2) is 9.78 Å². The van der Waals surface area contributed by atoms with E-state index in [1.54, 1.807) is 0 Å². The standard InChI is InChI=1S/C13H18N2O3S/c1-8-5-9(2)14-12(6-8)19-7-11(13(17)18-4)15-10(3)16/h5-6,11H,7H2,1-4H3,(H,15,16). The number of aryl methyl sites for hydroxylation is 2. The zero-order chi connectivity index (χ0) is 14.4. The predicted octanol–water partition coefficient (Wildman–Crippen LogP) is 1.47. The Morgan fingerprint density at radius 3 is 2.63 bits per heavy atom. The number of nitrogens with one attached hydrogen (secondary N) is 1. The number of carbonyl (C=O) groups excluding carboxylic acids is 2. The molecule has 6 heteroatoms. The Morgan fingerprint density at radius 2 is 2.11 bits per heavy atom. The highest BCUT2D eigenvalue weighted by Gasteiger charge is 2.20. The van der Waals surface area contributed by atoms with Gasteiger partial charge in [-0.15, -0.1) is 11.8 Å². The van der Waals surface area contributed by atoms with Crippen LogP contribution in [0, 0.1) is 13.8 Å². The van der Waals surface area contributed by atoms with Crippen molar-refractivity contribution in [3.05, 3.63) is 23.4 Å². The van der Waals surface area contributed by atoms with E-state index in [0.717, 1.165) is 16.3 Å². The molecule has 1 atom stereocenters. The van der Waals surface area contributed by atoms with Crippen LogP contribution in [0.2, 0.25) is 0 Å². The predicted molar refractivity (Wildman–Crippen MR) is 74.1 cm³/mol. The highest BCUT2D eigenvalue weighted by molar-refractivity contribution is 7.99. The molecule has 0 aromatic carbocycles. The smallest absolute Gasteiger partial charge is 0.329 e. The molecule has 0 spiro atoms. The number of esters is 1. The van der Waals surface area contributed by atoms with Crippen LogP contribution < -0.4 is 5.32 Å². The van der Waals surface area contributed by atoms with E-state index < -0.39 is 12.0 Å². The zero-order valence-electron chi connectivity index (χ0n) is 11.5. The Kier molecular flexibility index (Phi) is 5.82. The lowest BCUT2D eigenvalue weighted by molar-refractivity contribution is -0.144. The maximum Gasteiger partial charge on any atom is 0.329 e. The summed E-state index contributed by atoms with van der Waals surface area (Å²) in [7, 11) is 1.30. The summed E-state index contributed by atoms with van der Waals surface area (Å²) in [6.07, 6.45) is 0. The van der Waals surface area contributed by atoms with E-state index in [9.17, 15) is 9.59 Å². The number of amides is 1. The molecule has 1 amide bonds. The highest BCUT2D eigenvalue weighted by atomic mass is 32.2. The third kappa shape index (κ3) is 5.30. The molecule has 5 nitrogen and oxygen atoms in total. The molecule has 1 aromatic heterocycles. The lowest BCUT2D eigenvalue weighted by atomic mass is 10.3. The fraction of sp³-hybridized carbons (Fsp3) is 0.462. The van der Waals surface area contributed by atoms with Crippen LogP contribution in [0.4, 0.5) is 0 Å². The second-order valence-corrected chi connectivity index (χ2v) is 5.25. The van der Waals surface area contributed by atoms with Crippen molar-refractivity contribution in [3.8, 4) is 0 Å². The highest BCUT2D eigenvalue weighted by Crippen LogP contribution is 2.18. The Balaban J connectivity index is 2.69. The lowest BCUT2D eigenvalue weighted by Gasteiger charge is -2.14. The second kappa shape index (κ2) is 7.13. The maximum atomic E-state index is 11.5. The van der Waals surface area contributed by atoms with Crippen LogP contribution in [0.3, 0.4) is 0 Å². The van der Waals surface area contributed by atoms with Crippen LogP contribution in [0.1, 0.15) is 18.2 Å². The van der Waals surface area contributed by atoms with Crippen LogP contribution in [0.25, 0.3) is 0 Å². The monoisotopic (exact) mass is 282 g/mol. The summed E-state index contributed by atoms with van der Waals surface area (Å²) in [5.74, 6) is -0.321. The number of nitrogens with zero attached hydrogens (tertiary/aromatic N) is 1. The molecule has 19 heavy (non-hydrogen) atoms. The first-order valence-corrected chi connectivity index (χ1v) is 6.84. The average molecular weight is 282 g/mol. The van der Waals surface area contributed by atoms with Gasteiger partial charge in [-0.05, 0) is 31.5 Å². The molecule has 0 fully saturated rings. The topological polar surface area (TPSA) is 68.3 Å². The number of pyridine rings is 1. The minimum atomic E-state index is -0.657. The van der Waals surface area contributed by atoms with Crippen molar-refractivity contribution in [1.82, 2.24) is 10.3 Å². The molecule has 1 rings (SSSR count). The summed E-state index contributed by atoms with van der Waals surface area (Å²) in [6.45, 7) is 5.28. The number of thioether (sulfide) groups is 1. The van der Waals surface area contributed by atoms with E-state index in [1.165, 1.54) is 25.8 Å². The van der Waals surface area contributed by atoms with Crippen molar-refractivity contribution in [3.63, 3.8) is 0 Å². The normalized spacial score (nSPS) is 11.8. The van der Waals surface area contributed by atoms with Gasteiger partial charge >= 0.3 is 5.97 Å². The first-order valence-electron chi connectivity index (χ1n) is 5.85. The Morgan fingerprint density at radius 1 is 1.42 bits per heavy atom. The third-order valence-electron chi connectivity index (χ3n) is 2.34. The Bertz CT molecular complexity index is 457. The molecule has 104 valence electrons. The minimum absolute atomic E-state index is 0.260. The molecule has 1 unspecified atom stereocenters. The van der Waals surface area contributed by atoms with Crippen molar-refractivity contribution >= 4 is 23.6 Å². The van der Waals surface area contributed by atoms with E-state index in [-0.39, 0.29) is 5.91 Å². The maximum absolute atomic E-state index is 11.5. The van der Waals surface area contributed by atoms with Crippen LogP contribution >= 0.6 is 11.8 Å². The molecule has 0 aliphatic heterocycles. The molecule has 1 heterocycles. The van der Waals surface area contributed by atoms with Crippen molar-refractivity contribution < 1.29 is 14.3 Å². The molecule has 1 N–H and O–H groups in total. The molecule has 0 radical (unpaired) electrons. The van der Waals surface area contributed by atoms with Gasteiger partial charge in [-0.2, -0.15) is 0 Å². The van der Waals surface area contributed by atoms with Crippen LogP contribution in [0.5, 0.6) is 0 Å². The number of hydrogen-bond acceptors (Lipinski definition) is 5. The van der Waals surface area contributed by atoms with Crippen LogP contribution in [-0.4, -0.2) is 35.8 Å². The van der Waals surface area contributed by atoms with Gasteiger partial charge in [0.2, 0.25) is 5.91 Å². The molecular weight excluding hydrogens is 264 g/mol. The van der Waals surface area contributed by atoms with Crippen LogP contribution in [-0.2, 0) is 14.3 Å². The third-order valence-corrected chi connectivity index (χ3v) is 3.34. The Hall–Kier alpha value is -1.56. The summed E-state index contributed by atoms with van der Waals surface area (Å²) in [5.41, 5.74) is 2.04. The largest absolute Gasteiger partial charge is 0.467 e. The van der Waals surface area contributed by atoms with Crippen molar-refractivity contribution in [2.75, 3.05) is 12.9 Å². The number of carbonyl (C=O) groups is 2. The molecule has 0 saturated heterocycles. The summed E-state index contributed by atoms with van der Waals surface area (Å²) < 4.78 is 4.66. The average Bonchev–Trinajstić information content (AvgIpc) is 2.31. The van der Waals surface area contributed by atoms with Gasteiger partial charge in [0.05, 0.1) is 12.1 Å². The molecule has 0 aliphatic carbocycles. The first-order chi connectivity index (χ1) is 8.92. The minimum Gasteiger partial charge on any atom is -0.467 e. The van der Waals surface area contributed by atoms with Crippen molar-refractivity contribution in [2.24, 2.45) is 0 Å². The molecule has 0 saturated carbocycles. The van der Waals surface area contributed by atoms with Gasteiger partial charge in [0, 0.05) is 18.4 Å². The number of aromatic nitrogens is 1. The summed E-state index contributed by atoms with van der Waals surface area (Å²) in [4.78, 5) is 27.0. The van der Waals surface area contributed by atoms with E-state index in [1.807, 2.05) is 26.0 Å². The molecule has 0 aliphatic rings. The molecule has 1 aromatic rings. The van der Waals surface area contributed by atoms with Gasteiger partial charge in [-0.1, -0.05) is 0 Å². The summed E-state index contributed by atoms with van der Waals surface area (Å²) in [5, 5.41) is 3.40.